The highest BCUT2D eigenvalue weighted by Gasteiger charge is 2.22. The van der Waals surface area contributed by atoms with E-state index in [0.717, 1.165) is 0 Å². The standard InChI is InChI=1S/C19H22N2O6/c1-11-5-7-13(19(20-11)27-4)18(24)21-14(10-17(22)23)12-6-8-15(25-2)16(9-12)26-3/h5-9,14H,10H2,1-4H3,(H,21,24)(H,22,23). The molecule has 8 heteroatoms. The van der Waals surface area contributed by atoms with Gasteiger partial charge in [-0.15, -0.1) is 0 Å². The lowest BCUT2D eigenvalue weighted by Crippen LogP contribution is -2.30. The molecule has 0 aliphatic rings. The summed E-state index contributed by atoms with van der Waals surface area (Å²) in [5, 5.41) is 12.0. The van der Waals surface area contributed by atoms with E-state index in [1.165, 1.54) is 21.3 Å². The smallest absolute Gasteiger partial charge is 0.305 e. The Morgan fingerprint density at radius 1 is 1.07 bits per heavy atom. The maximum atomic E-state index is 12.7. The van der Waals surface area contributed by atoms with E-state index >= 15 is 0 Å². The molecule has 0 aliphatic heterocycles. The van der Waals surface area contributed by atoms with E-state index in [4.69, 9.17) is 14.2 Å². The Morgan fingerprint density at radius 3 is 2.37 bits per heavy atom. The summed E-state index contributed by atoms with van der Waals surface area (Å²) in [4.78, 5) is 28.2. The van der Waals surface area contributed by atoms with Gasteiger partial charge in [0.25, 0.3) is 5.91 Å². The van der Waals surface area contributed by atoms with Gasteiger partial charge in [0.05, 0.1) is 33.8 Å². The zero-order chi connectivity index (χ0) is 20.0. The van der Waals surface area contributed by atoms with Crippen molar-refractivity contribution < 1.29 is 28.9 Å². The molecule has 27 heavy (non-hydrogen) atoms. The first-order valence-electron chi connectivity index (χ1n) is 8.15. The maximum Gasteiger partial charge on any atom is 0.305 e. The molecule has 1 atom stereocenters. The summed E-state index contributed by atoms with van der Waals surface area (Å²) in [5.41, 5.74) is 1.49. The Labute approximate surface area is 157 Å². The number of nitrogens with zero attached hydrogens (tertiary/aromatic N) is 1. The second kappa shape index (κ2) is 8.88. The van der Waals surface area contributed by atoms with Crippen LogP contribution in [0.15, 0.2) is 30.3 Å². The predicted octanol–water partition coefficient (Wildman–Crippen LogP) is 2.36. The normalized spacial score (nSPS) is 11.4. The molecule has 0 radical (unpaired) electrons. The summed E-state index contributed by atoms with van der Waals surface area (Å²) in [7, 11) is 4.40. The van der Waals surface area contributed by atoms with Crippen molar-refractivity contribution in [2.24, 2.45) is 0 Å². The highest BCUT2D eigenvalue weighted by atomic mass is 16.5. The zero-order valence-corrected chi connectivity index (χ0v) is 15.6. The second-order valence-electron chi connectivity index (χ2n) is 5.75. The second-order valence-corrected chi connectivity index (χ2v) is 5.75. The van der Waals surface area contributed by atoms with Crippen LogP contribution in [0.25, 0.3) is 0 Å². The molecule has 144 valence electrons. The number of carboxylic acid groups (broad SMARTS) is 1. The van der Waals surface area contributed by atoms with E-state index in [-0.39, 0.29) is 17.9 Å². The molecule has 0 bridgehead atoms. The number of aliphatic carboxylic acids is 1. The first-order valence-corrected chi connectivity index (χ1v) is 8.15. The van der Waals surface area contributed by atoms with Gasteiger partial charge in [0.2, 0.25) is 5.88 Å². The molecule has 1 heterocycles. The van der Waals surface area contributed by atoms with Crippen molar-refractivity contribution in [3.63, 3.8) is 0 Å². The molecule has 0 spiro atoms. The molecular formula is C19H22N2O6. The number of benzene rings is 1. The highest BCUT2D eigenvalue weighted by Crippen LogP contribution is 2.31. The number of methoxy groups -OCH3 is 3. The van der Waals surface area contributed by atoms with Crippen LogP contribution in [0.4, 0.5) is 0 Å². The Morgan fingerprint density at radius 2 is 1.78 bits per heavy atom. The average molecular weight is 374 g/mol. The fourth-order valence-corrected chi connectivity index (χ4v) is 2.59. The molecule has 0 aliphatic carbocycles. The number of nitrogens with one attached hydrogen (secondary N) is 1. The van der Waals surface area contributed by atoms with Crippen LogP contribution in [0.5, 0.6) is 17.4 Å². The molecule has 8 nitrogen and oxygen atoms in total. The number of carbonyl (C=O) groups excluding carboxylic acids is 1. The van der Waals surface area contributed by atoms with Gasteiger partial charge in [-0.1, -0.05) is 6.07 Å². The molecule has 0 saturated carbocycles. The van der Waals surface area contributed by atoms with Gasteiger partial charge in [-0.25, -0.2) is 4.98 Å². The lowest BCUT2D eigenvalue weighted by Gasteiger charge is -2.19. The zero-order valence-electron chi connectivity index (χ0n) is 15.6. The van der Waals surface area contributed by atoms with Gasteiger partial charge in [-0.3, -0.25) is 9.59 Å². The molecule has 1 aromatic carbocycles. The lowest BCUT2D eigenvalue weighted by atomic mass is 10.0. The minimum Gasteiger partial charge on any atom is -0.493 e. The number of aryl methyl sites for hydroxylation is 1. The lowest BCUT2D eigenvalue weighted by molar-refractivity contribution is -0.137. The Hall–Kier alpha value is -3.29. The third-order valence-corrected chi connectivity index (χ3v) is 3.93. The first kappa shape index (κ1) is 20.0. The summed E-state index contributed by atoms with van der Waals surface area (Å²) in [6.45, 7) is 1.78. The van der Waals surface area contributed by atoms with Crippen molar-refractivity contribution in [3.8, 4) is 17.4 Å². The van der Waals surface area contributed by atoms with Gasteiger partial charge < -0.3 is 24.6 Å². The van der Waals surface area contributed by atoms with E-state index < -0.39 is 17.9 Å². The van der Waals surface area contributed by atoms with Crippen molar-refractivity contribution in [2.75, 3.05) is 21.3 Å². The highest BCUT2D eigenvalue weighted by molar-refractivity contribution is 5.96. The summed E-state index contributed by atoms with van der Waals surface area (Å²) >= 11 is 0. The van der Waals surface area contributed by atoms with Crippen molar-refractivity contribution in [1.29, 1.82) is 0 Å². The first-order chi connectivity index (χ1) is 12.9. The van der Waals surface area contributed by atoms with Crippen LogP contribution in [-0.2, 0) is 4.79 Å². The summed E-state index contributed by atoms with van der Waals surface area (Å²) in [6.07, 6.45) is -0.303. The predicted molar refractivity (Wildman–Crippen MR) is 97.5 cm³/mol. The van der Waals surface area contributed by atoms with Gasteiger partial charge in [0.1, 0.15) is 5.56 Å². The summed E-state index contributed by atoms with van der Waals surface area (Å²) < 4.78 is 15.6. The van der Waals surface area contributed by atoms with Crippen molar-refractivity contribution in [1.82, 2.24) is 10.3 Å². The van der Waals surface area contributed by atoms with Crippen LogP contribution in [0.2, 0.25) is 0 Å². The van der Waals surface area contributed by atoms with Crippen LogP contribution in [0, 0.1) is 6.92 Å². The fraction of sp³-hybridized carbons (Fsp3) is 0.316. The number of carbonyl (C=O) groups is 2. The number of hydrogen-bond donors (Lipinski definition) is 2. The Balaban J connectivity index is 2.35. The number of hydrogen-bond acceptors (Lipinski definition) is 6. The molecule has 2 aromatic rings. The average Bonchev–Trinajstić information content (AvgIpc) is 2.66. The van der Waals surface area contributed by atoms with E-state index in [2.05, 4.69) is 10.3 Å². The van der Waals surface area contributed by atoms with Crippen LogP contribution in [-0.4, -0.2) is 43.3 Å². The molecule has 1 unspecified atom stereocenters. The molecule has 0 saturated heterocycles. The minimum atomic E-state index is -1.05. The van der Waals surface area contributed by atoms with Gasteiger partial charge in [0, 0.05) is 5.69 Å². The third kappa shape index (κ3) is 4.87. The molecule has 2 rings (SSSR count). The molecular weight excluding hydrogens is 352 g/mol. The third-order valence-electron chi connectivity index (χ3n) is 3.93. The molecule has 1 amide bonds. The number of ether oxygens (including phenoxy) is 3. The SMILES string of the molecule is COc1ccc(C(CC(=O)O)NC(=O)c2ccc(C)nc2OC)cc1OC. The van der Waals surface area contributed by atoms with E-state index in [9.17, 15) is 14.7 Å². The van der Waals surface area contributed by atoms with E-state index in [0.29, 0.717) is 22.8 Å². The van der Waals surface area contributed by atoms with Gasteiger partial charge in [-0.2, -0.15) is 0 Å². The van der Waals surface area contributed by atoms with Crippen LogP contribution in [0.3, 0.4) is 0 Å². The van der Waals surface area contributed by atoms with Crippen molar-refractivity contribution >= 4 is 11.9 Å². The molecule has 2 N–H and O–H groups in total. The monoisotopic (exact) mass is 374 g/mol. The number of rotatable bonds is 8. The molecule has 1 aromatic heterocycles. The summed E-state index contributed by atoms with van der Waals surface area (Å²) in [6, 6.07) is 7.46. The summed E-state index contributed by atoms with van der Waals surface area (Å²) in [5.74, 6) is -0.418. The van der Waals surface area contributed by atoms with E-state index in [1.54, 1.807) is 37.3 Å². The maximum absolute atomic E-state index is 12.7. The topological polar surface area (TPSA) is 107 Å². The minimum absolute atomic E-state index is 0.175. The largest absolute Gasteiger partial charge is 0.493 e. The van der Waals surface area contributed by atoms with Crippen LogP contribution < -0.4 is 19.5 Å². The fourth-order valence-electron chi connectivity index (χ4n) is 2.59. The Bertz CT molecular complexity index is 837. The van der Waals surface area contributed by atoms with Gasteiger partial charge in [-0.05, 0) is 36.8 Å². The van der Waals surface area contributed by atoms with Crippen molar-refractivity contribution in [3.05, 3.63) is 47.2 Å². The number of aromatic nitrogens is 1. The number of amides is 1. The van der Waals surface area contributed by atoms with Crippen molar-refractivity contribution in [2.45, 2.75) is 19.4 Å². The number of pyridine rings is 1. The van der Waals surface area contributed by atoms with Crippen LogP contribution in [0.1, 0.15) is 34.1 Å². The molecule has 0 fully saturated rings. The quantitative estimate of drug-likeness (QED) is 0.730. The van der Waals surface area contributed by atoms with E-state index in [1.807, 2.05) is 0 Å². The Kier molecular flexibility index (Phi) is 6.59. The van der Waals surface area contributed by atoms with Gasteiger partial charge in [0.15, 0.2) is 11.5 Å². The number of carboxylic acids is 1. The van der Waals surface area contributed by atoms with Gasteiger partial charge >= 0.3 is 5.97 Å². The van der Waals surface area contributed by atoms with Crippen LogP contribution >= 0.6 is 0 Å².